The molecule has 0 aliphatic heterocycles. The lowest BCUT2D eigenvalue weighted by atomic mass is 10.0. The highest BCUT2D eigenvalue weighted by atomic mass is 16.5. The lowest BCUT2D eigenvalue weighted by Gasteiger charge is -2.09. The van der Waals surface area contributed by atoms with Gasteiger partial charge in [0, 0.05) is 6.07 Å². The average molecular weight is 256 g/mol. The Hall–Kier alpha value is -1.96. The van der Waals surface area contributed by atoms with E-state index in [2.05, 4.69) is 38.1 Å². The van der Waals surface area contributed by atoms with E-state index in [1.165, 1.54) is 11.1 Å². The fraction of sp³-hybridized carbons (Fsp3) is 0.294. The first-order valence-corrected chi connectivity index (χ1v) is 6.54. The minimum atomic E-state index is 0.563. The van der Waals surface area contributed by atoms with Crippen molar-refractivity contribution in [1.29, 1.82) is 0 Å². The summed E-state index contributed by atoms with van der Waals surface area (Å²) in [7, 11) is 1.66. The molecule has 19 heavy (non-hydrogen) atoms. The summed E-state index contributed by atoms with van der Waals surface area (Å²) in [6, 6.07) is 16.2. The molecule has 0 radical (unpaired) electrons. The zero-order valence-corrected chi connectivity index (χ0v) is 11.7. The minimum Gasteiger partial charge on any atom is -0.497 e. The molecule has 0 N–H and O–H groups in total. The summed E-state index contributed by atoms with van der Waals surface area (Å²) >= 11 is 0. The maximum absolute atomic E-state index is 5.75. The van der Waals surface area contributed by atoms with Crippen molar-refractivity contribution in [1.82, 2.24) is 0 Å². The quantitative estimate of drug-likeness (QED) is 0.789. The van der Waals surface area contributed by atoms with Crippen LogP contribution in [-0.4, -0.2) is 7.11 Å². The minimum absolute atomic E-state index is 0.563. The van der Waals surface area contributed by atoms with E-state index in [9.17, 15) is 0 Å². The van der Waals surface area contributed by atoms with Crippen LogP contribution in [0.25, 0.3) is 0 Å². The van der Waals surface area contributed by atoms with Crippen LogP contribution < -0.4 is 9.47 Å². The van der Waals surface area contributed by atoms with Crippen molar-refractivity contribution in [2.24, 2.45) is 0 Å². The summed E-state index contributed by atoms with van der Waals surface area (Å²) in [4.78, 5) is 0. The van der Waals surface area contributed by atoms with Crippen molar-refractivity contribution in [3.63, 3.8) is 0 Å². The van der Waals surface area contributed by atoms with Gasteiger partial charge in [0.2, 0.25) is 0 Å². The highest BCUT2D eigenvalue weighted by Crippen LogP contribution is 2.20. The largest absolute Gasteiger partial charge is 0.497 e. The summed E-state index contributed by atoms with van der Waals surface area (Å²) in [6.45, 7) is 4.97. The molecule has 0 spiro atoms. The van der Waals surface area contributed by atoms with Gasteiger partial charge in [0.1, 0.15) is 18.1 Å². The Kier molecular flexibility index (Phi) is 4.45. The predicted octanol–water partition coefficient (Wildman–Crippen LogP) is 4.40. The molecule has 0 aromatic heterocycles. The maximum atomic E-state index is 5.75. The van der Waals surface area contributed by atoms with E-state index in [-0.39, 0.29) is 0 Å². The Bertz CT molecular complexity index is 515. The van der Waals surface area contributed by atoms with Gasteiger partial charge in [0.25, 0.3) is 0 Å². The van der Waals surface area contributed by atoms with Gasteiger partial charge in [-0.25, -0.2) is 0 Å². The van der Waals surface area contributed by atoms with Crippen LogP contribution in [0, 0.1) is 0 Å². The number of ether oxygens (including phenoxy) is 2. The SMILES string of the molecule is COc1cccc(OCc2ccc(C(C)C)cc2)c1. The summed E-state index contributed by atoms with van der Waals surface area (Å²) < 4.78 is 10.9. The van der Waals surface area contributed by atoms with E-state index < -0.39 is 0 Å². The molecule has 2 aromatic rings. The first-order valence-electron chi connectivity index (χ1n) is 6.54. The van der Waals surface area contributed by atoms with Gasteiger partial charge >= 0.3 is 0 Å². The zero-order chi connectivity index (χ0) is 13.7. The first kappa shape index (κ1) is 13.5. The Morgan fingerprint density at radius 3 is 2.26 bits per heavy atom. The van der Waals surface area contributed by atoms with Crippen molar-refractivity contribution < 1.29 is 9.47 Å². The molecule has 2 nitrogen and oxygen atoms in total. The third-order valence-electron chi connectivity index (χ3n) is 3.09. The highest BCUT2D eigenvalue weighted by Gasteiger charge is 2.01. The summed E-state index contributed by atoms with van der Waals surface area (Å²) in [5.74, 6) is 2.20. The molecule has 100 valence electrons. The molecule has 0 aliphatic carbocycles. The Morgan fingerprint density at radius 1 is 0.947 bits per heavy atom. The van der Waals surface area contributed by atoms with Crippen LogP contribution in [0.1, 0.15) is 30.9 Å². The van der Waals surface area contributed by atoms with Gasteiger partial charge in [-0.15, -0.1) is 0 Å². The van der Waals surface area contributed by atoms with Gasteiger partial charge in [-0.05, 0) is 29.2 Å². The molecule has 0 fully saturated rings. The van der Waals surface area contributed by atoms with Crippen molar-refractivity contribution in [3.8, 4) is 11.5 Å². The Balaban J connectivity index is 1.98. The number of hydrogen-bond acceptors (Lipinski definition) is 2. The van der Waals surface area contributed by atoms with Gasteiger partial charge in [0.05, 0.1) is 7.11 Å². The molecule has 0 saturated carbocycles. The van der Waals surface area contributed by atoms with Crippen LogP contribution in [0.15, 0.2) is 48.5 Å². The van der Waals surface area contributed by atoms with Crippen molar-refractivity contribution in [2.75, 3.05) is 7.11 Å². The third-order valence-corrected chi connectivity index (χ3v) is 3.09. The highest BCUT2D eigenvalue weighted by molar-refractivity contribution is 5.33. The molecule has 0 amide bonds. The zero-order valence-electron chi connectivity index (χ0n) is 11.7. The lowest BCUT2D eigenvalue weighted by Crippen LogP contribution is -1.96. The van der Waals surface area contributed by atoms with Gasteiger partial charge in [0.15, 0.2) is 0 Å². The molecule has 0 atom stereocenters. The Morgan fingerprint density at radius 2 is 1.63 bits per heavy atom. The van der Waals surface area contributed by atoms with Gasteiger partial charge in [-0.3, -0.25) is 0 Å². The fourth-order valence-electron chi connectivity index (χ4n) is 1.86. The van der Waals surface area contributed by atoms with E-state index in [4.69, 9.17) is 9.47 Å². The smallest absolute Gasteiger partial charge is 0.123 e. The molecule has 0 heterocycles. The summed E-state index contributed by atoms with van der Waals surface area (Å²) in [6.07, 6.45) is 0. The van der Waals surface area contributed by atoms with Crippen molar-refractivity contribution in [3.05, 3.63) is 59.7 Å². The molecule has 2 rings (SSSR count). The number of hydrogen-bond donors (Lipinski definition) is 0. The Labute approximate surface area is 115 Å². The topological polar surface area (TPSA) is 18.5 Å². The van der Waals surface area contributed by atoms with Gasteiger partial charge in [-0.2, -0.15) is 0 Å². The van der Waals surface area contributed by atoms with E-state index in [1.807, 2.05) is 24.3 Å². The van der Waals surface area contributed by atoms with Crippen molar-refractivity contribution in [2.45, 2.75) is 26.4 Å². The van der Waals surface area contributed by atoms with Crippen LogP contribution >= 0.6 is 0 Å². The first-order chi connectivity index (χ1) is 9.19. The molecular weight excluding hydrogens is 236 g/mol. The van der Waals surface area contributed by atoms with Gasteiger partial charge < -0.3 is 9.47 Å². The van der Waals surface area contributed by atoms with Crippen LogP contribution in [-0.2, 0) is 6.61 Å². The number of benzene rings is 2. The normalized spacial score (nSPS) is 10.5. The molecule has 0 aliphatic rings. The van der Waals surface area contributed by atoms with Crippen LogP contribution in [0.2, 0.25) is 0 Å². The summed E-state index contributed by atoms with van der Waals surface area (Å²) in [5, 5.41) is 0. The number of rotatable bonds is 5. The fourth-order valence-corrected chi connectivity index (χ4v) is 1.86. The second-order valence-corrected chi connectivity index (χ2v) is 4.86. The van der Waals surface area contributed by atoms with E-state index >= 15 is 0 Å². The van der Waals surface area contributed by atoms with E-state index in [0.717, 1.165) is 11.5 Å². The third kappa shape index (κ3) is 3.75. The van der Waals surface area contributed by atoms with E-state index in [1.54, 1.807) is 7.11 Å². The van der Waals surface area contributed by atoms with Crippen molar-refractivity contribution >= 4 is 0 Å². The van der Waals surface area contributed by atoms with Crippen LogP contribution in [0.3, 0.4) is 0 Å². The maximum Gasteiger partial charge on any atom is 0.123 e. The van der Waals surface area contributed by atoms with E-state index in [0.29, 0.717) is 12.5 Å². The number of methoxy groups -OCH3 is 1. The molecule has 2 heteroatoms. The second kappa shape index (κ2) is 6.28. The standard InChI is InChI=1S/C17H20O2/c1-13(2)15-9-7-14(8-10-15)12-19-17-6-4-5-16(11-17)18-3/h4-11,13H,12H2,1-3H3. The molecule has 0 unspecified atom stereocenters. The average Bonchev–Trinajstić information content (AvgIpc) is 2.46. The predicted molar refractivity (Wildman–Crippen MR) is 77.9 cm³/mol. The lowest BCUT2D eigenvalue weighted by molar-refractivity contribution is 0.303. The van der Waals surface area contributed by atoms with Gasteiger partial charge in [-0.1, -0.05) is 44.2 Å². The monoisotopic (exact) mass is 256 g/mol. The molecular formula is C17H20O2. The molecule has 0 bridgehead atoms. The van der Waals surface area contributed by atoms with Crippen LogP contribution in [0.4, 0.5) is 0 Å². The molecule has 2 aromatic carbocycles. The molecule has 0 saturated heterocycles. The summed E-state index contributed by atoms with van der Waals surface area (Å²) in [5.41, 5.74) is 2.53. The van der Waals surface area contributed by atoms with Crippen LogP contribution in [0.5, 0.6) is 11.5 Å². The second-order valence-electron chi connectivity index (χ2n) is 4.86.